The molecule has 2 aromatic heterocycles. The van der Waals surface area contributed by atoms with Gasteiger partial charge in [-0.2, -0.15) is 0 Å². The fourth-order valence-electron chi connectivity index (χ4n) is 1.20. The average molecular weight is 257 g/mol. The molecule has 2 aromatic rings. The number of aliphatic hydroxyl groups excluding tert-OH is 1. The maximum Gasteiger partial charge on any atom is 0.169 e. The predicted octanol–water partition coefficient (Wildman–Crippen LogP) is 2.04. The molecule has 2 N–H and O–H groups in total. The van der Waals surface area contributed by atoms with Crippen LogP contribution in [0.4, 0.5) is 0 Å². The molecule has 0 saturated carbocycles. The lowest BCUT2D eigenvalue weighted by Gasteiger charge is -2.04. The Morgan fingerprint density at radius 1 is 1.57 bits per heavy atom. The highest BCUT2D eigenvalue weighted by atomic mass is 79.9. The van der Waals surface area contributed by atoms with E-state index in [9.17, 15) is 5.11 Å². The number of nitrogens with zero attached hydrogens (tertiary/aromatic N) is 1. The number of aromatic amines is 1. The molecule has 0 bridgehead atoms. The first-order valence-corrected chi connectivity index (χ1v) is 4.96. The Labute approximate surface area is 89.1 Å². The van der Waals surface area contributed by atoms with Gasteiger partial charge in [0, 0.05) is 18.8 Å². The molecule has 1 unspecified atom stereocenters. The van der Waals surface area contributed by atoms with Gasteiger partial charge in [0.05, 0.1) is 0 Å². The van der Waals surface area contributed by atoms with Crippen molar-refractivity contribution in [1.29, 1.82) is 0 Å². The largest absolute Gasteiger partial charge is 0.452 e. The van der Waals surface area contributed by atoms with Gasteiger partial charge in [-0.3, -0.25) is 0 Å². The summed E-state index contributed by atoms with van der Waals surface area (Å²) in [6, 6.07) is 3.48. The first kappa shape index (κ1) is 9.48. The van der Waals surface area contributed by atoms with Crippen molar-refractivity contribution in [2.45, 2.75) is 12.5 Å². The highest BCUT2D eigenvalue weighted by Crippen LogP contribution is 2.22. The molecule has 0 radical (unpaired) electrons. The molecule has 2 heterocycles. The Balaban J connectivity index is 2.06. The zero-order valence-electron chi connectivity index (χ0n) is 7.27. The van der Waals surface area contributed by atoms with Crippen LogP contribution < -0.4 is 0 Å². The number of imidazole rings is 1. The first-order valence-electron chi connectivity index (χ1n) is 4.17. The van der Waals surface area contributed by atoms with Crippen LogP contribution in [0.25, 0.3) is 0 Å². The van der Waals surface area contributed by atoms with Gasteiger partial charge in [-0.1, -0.05) is 0 Å². The summed E-state index contributed by atoms with van der Waals surface area (Å²) in [6.07, 6.45) is 3.14. The Hall–Kier alpha value is -1.07. The molecule has 0 aliphatic heterocycles. The zero-order valence-corrected chi connectivity index (χ0v) is 8.86. The molecule has 74 valence electrons. The Bertz CT molecular complexity index is 397. The number of nitrogens with one attached hydrogen (secondary N) is 1. The minimum atomic E-state index is -0.660. The van der Waals surface area contributed by atoms with Crippen LogP contribution in [-0.4, -0.2) is 15.1 Å². The van der Waals surface area contributed by atoms with E-state index < -0.39 is 6.10 Å². The third kappa shape index (κ3) is 2.05. The molecule has 4 nitrogen and oxygen atoms in total. The van der Waals surface area contributed by atoms with E-state index in [-0.39, 0.29) is 0 Å². The van der Waals surface area contributed by atoms with E-state index in [1.54, 1.807) is 24.5 Å². The standard InChI is InChI=1S/C9H9BrN2O2/c10-8-2-1-7(14-8)6(13)5-9-11-3-4-12-9/h1-4,6,13H,5H2,(H,11,12). The summed E-state index contributed by atoms with van der Waals surface area (Å²) in [5.74, 6) is 1.28. The summed E-state index contributed by atoms with van der Waals surface area (Å²) >= 11 is 3.18. The van der Waals surface area contributed by atoms with Crippen molar-refractivity contribution in [3.05, 3.63) is 40.8 Å². The normalized spacial score (nSPS) is 13.0. The van der Waals surface area contributed by atoms with E-state index in [4.69, 9.17) is 4.42 Å². The molecule has 0 saturated heterocycles. The van der Waals surface area contributed by atoms with Gasteiger partial charge in [0.15, 0.2) is 4.67 Å². The molecule has 2 rings (SSSR count). The summed E-state index contributed by atoms with van der Waals surface area (Å²) in [6.45, 7) is 0. The molecular formula is C9H9BrN2O2. The van der Waals surface area contributed by atoms with Crippen molar-refractivity contribution < 1.29 is 9.52 Å². The van der Waals surface area contributed by atoms with Crippen molar-refractivity contribution in [3.63, 3.8) is 0 Å². The third-order valence-corrected chi connectivity index (χ3v) is 2.29. The van der Waals surface area contributed by atoms with Crippen LogP contribution in [-0.2, 0) is 6.42 Å². The lowest BCUT2D eigenvalue weighted by Crippen LogP contribution is -2.01. The first-order chi connectivity index (χ1) is 6.75. The summed E-state index contributed by atoms with van der Waals surface area (Å²) in [4.78, 5) is 6.94. The Kier molecular flexibility index (Phi) is 2.69. The second-order valence-electron chi connectivity index (χ2n) is 2.90. The summed E-state index contributed by atoms with van der Waals surface area (Å²) in [5, 5.41) is 9.73. The highest BCUT2D eigenvalue weighted by molar-refractivity contribution is 9.10. The van der Waals surface area contributed by atoms with Crippen molar-refractivity contribution in [2.24, 2.45) is 0 Å². The van der Waals surface area contributed by atoms with Crippen LogP contribution in [0.2, 0.25) is 0 Å². The van der Waals surface area contributed by atoms with Crippen LogP contribution in [0.3, 0.4) is 0 Å². The van der Waals surface area contributed by atoms with Gasteiger partial charge in [0.25, 0.3) is 0 Å². The number of hydrogen-bond donors (Lipinski definition) is 2. The zero-order chi connectivity index (χ0) is 9.97. The number of hydrogen-bond acceptors (Lipinski definition) is 3. The van der Waals surface area contributed by atoms with Crippen molar-refractivity contribution in [2.75, 3.05) is 0 Å². The number of aromatic nitrogens is 2. The van der Waals surface area contributed by atoms with Crippen LogP contribution in [0, 0.1) is 0 Å². The highest BCUT2D eigenvalue weighted by Gasteiger charge is 2.13. The lowest BCUT2D eigenvalue weighted by molar-refractivity contribution is 0.146. The number of H-pyrrole nitrogens is 1. The SMILES string of the molecule is OC(Cc1ncc[nH]1)c1ccc(Br)o1. The Morgan fingerprint density at radius 3 is 3.00 bits per heavy atom. The van der Waals surface area contributed by atoms with Gasteiger partial charge in [-0.25, -0.2) is 4.98 Å². The van der Waals surface area contributed by atoms with Crippen LogP contribution in [0.1, 0.15) is 17.7 Å². The van der Waals surface area contributed by atoms with E-state index in [2.05, 4.69) is 25.9 Å². The molecule has 0 spiro atoms. The van der Waals surface area contributed by atoms with E-state index in [1.165, 1.54) is 0 Å². The van der Waals surface area contributed by atoms with Gasteiger partial charge in [0.1, 0.15) is 17.7 Å². The van der Waals surface area contributed by atoms with Gasteiger partial charge >= 0.3 is 0 Å². The minimum absolute atomic E-state index is 0.424. The lowest BCUT2D eigenvalue weighted by atomic mass is 10.2. The summed E-state index contributed by atoms with van der Waals surface area (Å²) < 4.78 is 5.84. The molecule has 14 heavy (non-hydrogen) atoms. The molecule has 0 fully saturated rings. The molecule has 5 heteroatoms. The average Bonchev–Trinajstić information content (AvgIpc) is 2.75. The van der Waals surface area contributed by atoms with E-state index in [0.717, 1.165) is 5.82 Å². The number of furan rings is 1. The second-order valence-corrected chi connectivity index (χ2v) is 3.68. The van der Waals surface area contributed by atoms with E-state index in [1.807, 2.05) is 0 Å². The van der Waals surface area contributed by atoms with Gasteiger partial charge < -0.3 is 14.5 Å². The maximum atomic E-state index is 9.73. The van der Waals surface area contributed by atoms with Gasteiger partial charge in [-0.15, -0.1) is 0 Å². The fourth-order valence-corrected chi connectivity index (χ4v) is 1.52. The molecule has 0 aliphatic carbocycles. The Morgan fingerprint density at radius 2 is 2.43 bits per heavy atom. The monoisotopic (exact) mass is 256 g/mol. The molecule has 0 amide bonds. The quantitative estimate of drug-likeness (QED) is 0.884. The van der Waals surface area contributed by atoms with Crippen molar-refractivity contribution >= 4 is 15.9 Å². The topological polar surface area (TPSA) is 62.1 Å². The second kappa shape index (κ2) is 3.98. The number of halogens is 1. The van der Waals surface area contributed by atoms with Crippen LogP contribution in [0.15, 0.2) is 33.6 Å². The van der Waals surface area contributed by atoms with Crippen molar-refractivity contribution in [1.82, 2.24) is 9.97 Å². The number of rotatable bonds is 3. The van der Waals surface area contributed by atoms with Gasteiger partial charge in [0.2, 0.25) is 0 Å². The van der Waals surface area contributed by atoms with Crippen LogP contribution >= 0.6 is 15.9 Å². The third-order valence-electron chi connectivity index (χ3n) is 1.86. The fraction of sp³-hybridized carbons (Fsp3) is 0.222. The van der Waals surface area contributed by atoms with Gasteiger partial charge in [-0.05, 0) is 28.1 Å². The maximum absolute atomic E-state index is 9.73. The number of aliphatic hydroxyl groups is 1. The molecule has 0 aromatic carbocycles. The van der Waals surface area contributed by atoms with E-state index in [0.29, 0.717) is 16.9 Å². The summed E-state index contributed by atoms with van der Waals surface area (Å²) in [5.41, 5.74) is 0. The van der Waals surface area contributed by atoms with Crippen molar-refractivity contribution in [3.8, 4) is 0 Å². The molecule has 0 aliphatic rings. The molecular weight excluding hydrogens is 248 g/mol. The predicted molar refractivity (Wildman–Crippen MR) is 53.7 cm³/mol. The van der Waals surface area contributed by atoms with Crippen LogP contribution in [0.5, 0.6) is 0 Å². The minimum Gasteiger partial charge on any atom is -0.452 e. The molecule has 1 atom stereocenters. The summed E-state index contributed by atoms with van der Waals surface area (Å²) in [7, 11) is 0. The smallest absolute Gasteiger partial charge is 0.169 e. The van der Waals surface area contributed by atoms with E-state index >= 15 is 0 Å².